The van der Waals surface area contributed by atoms with Crippen LogP contribution in [-0.4, -0.2) is 39.5 Å². The van der Waals surface area contributed by atoms with Gasteiger partial charge in [-0.1, -0.05) is 11.6 Å². The SMILES string of the molecule is CC(NS(=O)(=O)c1ccc(Cl)cc1)C(=O)NCC1CCCN1.Cl. The third-order valence-electron chi connectivity index (χ3n) is 3.53. The smallest absolute Gasteiger partial charge is 0.241 e. The van der Waals surface area contributed by atoms with Gasteiger partial charge in [-0.3, -0.25) is 4.79 Å². The van der Waals surface area contributed by atoms with Crippen molar-refractivity contribution in [2.75, 3.05) is 13.1 Å². The van der Waals surface area contributed by atoms with Crippen LogP contribution in [0.3, 0.4) is 0 Å². The molecule has 0 saturated carbocycles. The van der Waals surface area contributed by atoms with Crippen LogP contribution in [0, 0.1) is 0 Å². The second-order valence-corrected chi connectivity index (χ2v) is 7.49. The van der Waals surface area contributed by atoms with E-state index in [0.717, 1.165) is 19.4 Å². The predicted molar refractivity (Wildman–Crippen MR) is 92.5 cm³/mol. The van der Waals surface area contributed by atoms with Gasteiger partial charge >= 0.3 is 0 Å². The van der Waals surface area contributed by atoms with Gasteiger partial charge in [0.1, 0.15) is 0 Å². The molecule has 1 aliphatic heterocycles. The zero-order chi connectivity index (χ0) is 16.2. The van der Waals surface area contributed by atoms with Crippen LogP contribution in [0.4, 0.5) is 0 Å². The fourth-order valence-electron chi connectivity index (χ4n) is 2.28. The van der Waals surface area contributed by atoms with Gasteiger partial charge in [-0.2, -0.15) is 4.72 Å². The number of halogens is 2. The molecule has 23 heavy (non-hydrogen) atoms. The Labute approximate surface area is 147 Å². The monoisotopic (exact) mass is 381 g/mol. The molecule has 1 saturated heterocycles. The summed E-state index contributed by atoms with van der Waals surface area (Å²) < 4.78 is 26.7. The minimum absolute atomic E-state index is 0. The van der Waals surface area contributed by atoms with E-state index in [-0.39, 0.29) is 29.3 Å². The van der Waals surface area contributed by atoms with Crippen LogP contribution in [0.15, 0.2) is 29.2 Å². The summed E-state index contributed by atoms with van der Waals surface area (Å²) in [7, 11) is -3.74. The standard InChI is InChI=1S/C14H20ClN3O3S.ClH/c1-10(14(19)17-9-12-3-2-8-16-12)18-22(20,21)13-6-4-11(15)5-7-13;/h4-7,10,12,16,18H,2-3,8-9H2,1H3,(H,17,19);1H. The summed E-state index contributed by atoms with van der Waals surface area (Å²) in [5.74, 6) is -0.341. The van der Waals surface area contributed by atoms with Crippen LogP contribution in [0.1, 0.15) is 19.8 Å². The predicted octanol–water partition coefficient (Wildman–Crippen LogP) is 1.30. The van der Waals surface area contributed by atoms with Gasteiger partial charge in [0.2, 0.25) is 15.9 Å². The zero-order valence-corrected chi connectivity index (χ0v) is 15.1. The molecule has 0 aliphatic carbocycles. The van der Waals surface area contributed by atoms with Crippen LogP contribution >= 0.6 is 24.0 Å². The van der Waals surface area contributed by atoms with Crippen molar-refractivity contribution in [1.82, 2.24) is 15.4 Å². The molecule has 2 rings (SSSR count). The van der Waals surface area contributed by atoms with Crippen molar-refractivity contribution in [2.45, 2.75) is 36.7 Å². The molecule has 0 spiro atoms. The van der Waals surface area contributed by atoms with E-state index in [4.69, 9.17) is 11.6 Å². The van der Waals surface area contributed by atoms with Gasteiger partial charge in [0.25, 0.3) is 0 Å². The minimum atomic E-state index is -3.74. The van der Waals surface area contributed by atoms with Gasteiger partial charge in [-0.15, -0.1) is 12.4 Å². The van der Waals surface area contributed by atoms with Crippen molar-refractivity contribution in [3.63, 3.8) is 0 Å². The van der Waals surface area contributed by atoms with E-state index in [2.05, 4.69) is 15.4 Å². The number of sulfonamides is 1. The highest BCUT2D eigenvalue weighted by atomic mass is 35.5. The number of rotatable bonds is 6. The summed E-state index contributed by atoms with van der Waals surface area (Å²) in [6.07, 6.45) is 2.12. The Hall–Kier alpha value is -0.860. The molecule has 0 bridgehead atoms. The molecule has 1 amide bonds. The molecular formula is C14H21Cl2N3O3S. The van der Waals surface area contributed by atoms with Crippen molar-refractivity contribution in [3.8, 4) is 0 Å². The number of carbonyl (C=O) groups excluding carboxylic acids is 1. The molecule has 1 heterocycles. The van der Waals surface area contributed by atoms with Gasteiger partial charge in [-0.05, 0) is 50.6 Å². The third kappa shape index (κ3) is 5.93. The largest absolute Gasteiger partial charge is 0.353 e. The fourth-order valence-corrected chi connectivity index (χ4v) is 3.60. The lowest BCUT2D eigenvalue weighted by atomic mass is 10.2. The average Bonchev–Trinajstić information content (AvgIpc) is 2.98. The Bertz CT molecular complexity index is 617. The lowest BCUT2D eigenvalue weighted by Crippen LogP contribution is -2.47. The van der Waals surface area contributed by atoms with Crippen LogP contribution in [0.2, 0.25) is 5.02 Å². The van der Waals surface area contributed by atoms with E-state index in [1.54, 1.807) is 0 Å². The molecule has 3 N–H and O–H groups in total. The van der Waals surface area contributed by atoms with Gasteiger partial charge in [-0.25, -0.2) is 8.42 Å². The maximum atomic E-state index is 12.2. The number of amides is 1. The average molecular weight is 382 g/mol. The Morgan fingerprint density at radius 1 is 1.39 bits per heavy atom. The Kier molecular flexibility index (Phi) is 7.76. The molecule has 1 aromatic carbocycles. The summed E-state index contributed by atoms with van der Waals surface area (Å²) in [6.45, 7) is 2.98. The number of carbonyl (C=O) groups is 1. The highest BCUT2D eigenvalue weighted by molar-refractivity contribution is 7.89. The Morgan fingerprint density at radius 3 is 2.61 bits per heavy atom. The molecule has 1 aromatic rings. The summed E-state index contributed by atoms with van der Waals surface area (Å²) >= 11 is 5.74. The zero-order valence-electron chi connectivity index (χ0n) is 12.7. The maximum absolute atomic E-state index is 12.2. The summed E-state index contributed by atoms with van der Waals surface area (Å²) in [5.41, 5.74) is 0. The molecule has 9 heteroatoms. The first kappa shape index (κ1) is 20.2. The van der Waals surface area contributed by atoms with Gasteiger partial charge in [0, 0.05) is 17.6 Å². The summed E-state index contributed by atoms with van der Waals surface area (Å²) in [4.78, 5) is 12.1. The molecule has 0 radical (unpaired) electrons. The van der Waals surface area contributed by atoms with Crippen LogP contribution < -0.4 is 15.4 Å². The van der Waals surface area contributed by atoms with E-state index < -0.39 is 16.1 Å². The normalized spacial score (nSPS) is 19.0. The molecule has 6 nitrogen and oxygen atoms in total. The van der Waals surface area contributed by atoms with Crippen LogP contribution in [0.5, 0.6) is 0 Å². The first-order valence-corrected chi connectivity index (χ1v) is 9.03. The van der Waals surface area contributed by atoms with Gasteiger partial charge < -0.3 is 10.6 Å². The quantitative estimate of drug-likeness (QED) is 0.692. The van der Waals surface area contributed by atoms with Crippen LogP contribution in [-0.2, 0) is 14.8 Å². The second-order valence-electron chi connectivity index (χ2n) is 5.34. The molecule has 0 aromatic heterocycles. The van der Waals surface area contributed by atoms with Crippen molar-refractivity contribution in [2.24, 2.45) is 0 Å². The molecule has 2 atom stereocenters. The Morgan fingerprint density at radius 2 is 2.04 bits per heavy atom. The summed E-state index contributed by atoms with van der Waals surface area (Å²) in [6, 6.07) is 5.21. The van der Waals surface area contributed by atoms with Crippen molar-refractivity contribution < 1.29 is 13.2 Å². The van der Waals surface area contributed by atoms with E-state index in [1.807, 2.05) is 0 Å². The van der Waals surface area contributed by atoms with Crippen molar-refractivity contribution in [3.05, 3.63) is 29.3 Å². The first-order valence-electron chi connectivity index (χ1n) is 7.17. The number of nitrogens with one attached hydrogen (secondary N) is 3. The maximum Gasteiger partial charge on any atom is 0.241 e. The van der Waals surface area contributed by atoms with E-state index >= 15 is 0 Å². The lowest BCUT2D eigenvalue weighted by Gasteiger charge is -2.16. The molecular weight excluding hydrogens is 361 g/mol. The van der Waals surface area contributed by atoms with Crippen molar-refractivity contribution >= 4 is 39.9 Å². The van der Waals surface area contributed by atoms with Gasteiger partial charge in [0.05, 0.1) is 10.9 Å². The molecule has 2 unspecified atom stereocenters. The van der Waals surface area contributed by atoms with E-state index in [0.29, 0.717) is 11.6 Å². The first-order chi connectivity index (χ1) is 10.4. The van der Waals surface area contributed by atoms with E-state index in [1.165, 1.54) is 31.2 Å². The van der Waals surface area contributed by atoms with E-state index in [9.17, 15) is 13.2 Å². The highest BCUT2D eigenvalue weighted by Crippen LogP contribution is 2.14. The number of benzene rings is 1. The second kappa shape index (κ2) is 8.84. The third-order valence-corrected chi connectivity index (χ3v) is 5.34. The molecule has 130 valence electrons. The number of hydrogen-bond acceptors (Lipinski definition) is 4. The fraction of sp³-hybridized carbons (Fsp3) is 0.500. The van der Waals surface area contributed by atoms with Gasteiger partial charge in [0.15, 0.2) is 0 Å². The topological polar surface area (TPSA) is 87.3 Å². The minimum Gasteiger partial charge on any atom is -0.353 e. The molecule has 1 fully saturated rings. The number of hydrogen-bond donors (Lipinski definition) is 3. The molecule has 1 aliphatic rings. The van der Waals surface area contributed by atoms with Crippen LogP contribution in [0.25, 0.3) is 0 Å². The highest BCUT2D eigenvalue weighted by Gasteiger charge is 2.23. The lowest BCUT2D eigenvalue weighted by molar-refractivity contribution is -0.122. The van der Waals surface area contributed by atoms with Crippen molar-refractivity contribution in [1.29, 1.82) is 0 Å². The summed E-state index contributed by atoms with van der Waals surface area (Å²) in [5, 5.41) is 6.48. The Balaban J connectivity index is 0.00000264.